The zero-order valence-corrected chi connectivity index (χ0v) is 9.14. The molecule has 12 heavy (non-hydrogen) atoms. The van der Waals surface area contributed by atoms with Crippen molar-refractivity contribution in [3.63, 3.8) is 0 Å². The minimum absolute atomic E-state index is 0. The Hall–Kier alpha value is 0.740. The van der Waals surface area contributed by atoms with E-state index in [0.717, 1.165) is 0 Å². The largest absolute Gasteiger partial charge is 1.00 e. The molecule has 0 aromatic rings. The van der Waals surface area contributed by atoms with Crippen LogP contribution in [0.15, 0.2) is 0 Å². The Morgan fingerprint density at radius 3 is 0.750 bits per heavy atom. The van der Waals surface area contributed by atoms with Crippen LogP contribution in [0.1, 0.15) is 1.43 Å². The number of hydrogen-bond acceptors (Lipinski definition) is 1. The first-order chi connectivity index (χ1) is 1.73. The fourth-order valence-electron chi connectivity index (χ4n) is 0. The zero-order chi connectivity index (χ0) is 3.58. The molecule has 10 nitrogen and oxygen atoms in total. The molecule has 0 atom stereocenters. The third-order valence-corrected chi connectivity index (χ3v) is 0. The molecule has 0 saturated heterocycles. The van der Waals surface area contributed by atoms with Gasteiger partial charge in [0.05, 0.1) is 0 Å². The van der Waals surface area contributed by atoms with Gasteiger partial charge in [-0.1, -0.05) is 0 Å². The van der Waals surface area contributed by atoms with Gasteiger partial charge in [-0.05, 0) is 0 Å². The van der Waals surface area contributed by atoms with Crippen molar-refractivity contribution in [1.29, 1.82) is 0 Å². The molecule has 12 heteroatoms. The SMILES string of the molecule is O.O.O.O.O.O.O.O=[P+](O)O.[H-].[Na+]. The molecular weight excluding hydrogens is 214 g/mol. The average molecular weight is 231 g/mol. The predicted octanol–water partition coefficient (Wildman–Crippen LogP) is -9.03. The topological polar surface area (TPSA) is 278 Å². The Balaban J connectivity index is -0.00000000125. The average Bonchev–Trinajstić information content (AvgIpc) is 0.811. The first-order valence-electron chi connectivity index (χ1n) is 0.583. The van der Waals surface area contributed by atoms with Crippen LogP contribution in [0.2, 0.25) is 0 Å². The Morgan fingerprint density at radius 1 is 0.750 bits per heavy atom. The number of rotatable bonds is 0. The van der Waals surface area contributed by atoms with Gasteiger partial charge in [-0.2, -0.15) is 0 Å². The van der Waals surface area contributed by atoms with Gasteiger partial charge in [0.1, 0.15) is 0 Å². The van der Waals surface area contributed by atoms with E-state index < -0.39 is 8.25 Å². The van der Waals surface area contributed by atoms with Crippen LogP contribution in [0.25, 0.3) is 0 Å². The van der Waals surface area contributed by atoms with Gasteiger partial charge in [-0.15, -0.1) is 9.79 Å². The monoisotopic (exact) mass is 231 g/mol. The van der Waals surface area contributed by atoms with E-state index in [4.69, 9.17) is 14.4 Å². The van der Waals surface area contributed by atoms with Crippen molar-refractivity contribution < 1.29 is 83.7 Å². The third-order valence-electron chi connectivity index (χ3n) is 0. The van der Waals surface area contributed by atoms with Crippen LogP contribution in [0.3, 0.4) is 0 Å². The summed E-state index contributed by atoms with van der Waals surface area (Å²) in [6.07, 6.45) is 0. The van der Waals surface area contributed by atoms with Gasteiger partial charge in [0, 0.05) is 4.57 Å². The van der Waals surface area contributed by atoms with Crippen LogP contribution in [0, 0.1) is 0 Å². The molecule has 0 heterocycles. The quantitative estimate of drug-likeness (QED) is 0.303. The van der Waals surface area contributed by atoms with E-state index in [-0.39, 0.29) is 69.3 Å². The summed E-state index contributed by atoms with van der Waals surface area (Å²) in [4.78, 5) is 14.2. The smallest absolute Gasteiger partial charge is 1.00 e. The van der Waals surface area contributed by atoms with Crippen molar-refractivity contribution in [2.45, 2.75) is 0 Å². The van der Waals surface area contributed by atoms with E-state index in [1.165, 1.54) is 0 Å². The van der Waals surface area contributed by atoms with Crippen molar-refractivity contribution in [2.24, 2.45) is 0 Å². The molecule has 0 saturated carbocycles. The van der Waals surface area contributed by atoms with Gasteiger partial charge in [-0.3, -0.25) is 0 Å². The summed E-state index contributed by atoms with van der Waals surface area (Å²) in [7, 11) is -2.87. The van der Waals surface area contributed by atoms with Crippen LogP contribution >= 0.6 is 8.25 Å². The third kappa shape index (κ3) is 1860. The van der Waals surface area contributed by atoms with Gasteiger partial charge in [0.2, 0.25) is 0 Å². The van der Waals surface area contributed by atoms with E-state index in [2.05, 4.69) is 0 Å². The minimum atomic E-state index is -2.87. The molecule has 0 radical (unpaired) electrons. The second-order valence-corrected chi connectivity index (χ2v) is 0.758. The maximum atomic E-state index is 8.70. The molecule has 0 aliphatic rings. The molecule has 82 valence electrons. The zero-order valence-electron chi connectivity index (χ0n) is 7.25. The standard InChI is InChI=1S/Na.HO3P.7H2O.H/c;1-4(2)3;;;;;;;;/h;(H-,1,2,3);7*1H2;/q+1;;;;;;;;;-1/p+1. The Kier molecular flexibility index (Phi) is 1010. The van der Waals surface area contributed by atoms with Gasteiger partial charge >= 0.3 is 37.8 Å². The molecule has 0 bridgehead atoms. The van der Waals surface area contributed by atoms with Crippen molar-refractivity contribution in [1.82, 2.24) is 0 Å². The molecule has 0 amide bonds. The van der Waals surface area contributed by atoms with E-state index in [0.29, 0.717) is 0 Å². The van der Waals surface area contributed by atoms with Gasteiger partial charge in [0.15, 0.2) is 0 Å². The summed E-state index contributed by atoms with van der Waals surface area (Å²) in [6.45, 7) is 0. The minimum Gasteiger partial charge on any atom is -1.00 e. The molecule has 0 aromatic carbocycles. The summed E-state index contributed by atoms with van der Waals surface area (Å²) in [5, 5.41) is 0. The summed E-state index contributed by atoms with van der Waals surface area (Å²) < 4.78 is 8.70. The van der Waals surface area contributed by atoms with Crippen molar-refractivity contribution in [2.75, 3.05) is 0 Å². The number of hydrogen-bond donors (Lipinski definition) is 2. The first kappa shape index (κ1) is 126. The summed E-state index contributed by atoms with van der Waals surface area (Å²) in [5.74, 6) is 0. The molecule has 0 rings (SSSR count). The summed E-state index contributed by atoms with van der Waals surface area (Å²) >= 11 is 0. The molecule has 0 aromatic heterocycles. The molecule has 0 aliphatic carbocycles. The van der Waals surface area contributed by atoms with Crippen LogP contribution in [-0.2, 0) is 4.57 Å². The normalized spacial score (nSPS) is 2.17. The van der Waals surface area contributed by atoms with Crippen LogP contribution < -0.4 is 29.6 Å². The summed E-state index contributed by atoms with van der Waals surface area (Å²) in [6, 6.07) is 0. The second-order valence-electron chi connectivity index (χ2n) is 0.253. The van der Waals surface area contributed by atoms with Crippen LogP contribution in [-0.4, -0.2) is 48.1 Å². The Bertz CT molecular complexity index is 37.9. The maximum absolute atomic E-state index is 8.70. The predicted molar refractivity (Wildman–Crippen MR) is 38.5 cm³/mol. The maximum Gasteiger partial charge on any atom is 1.00 e. The second kappa shape index (κ2) is 96.8. The molecule has 0 fully saturated rings. The molecule has 0 aliphatic heterocycles. The first-order valence-corrected chi connectivity index (χ1v) is 1.75. The van der Waals surface area contributed by atoms with Crippen molar-refractivity contribution in [3.05, 3.63) is 0 Å². The van der Waals surface area contributed by atoms with Gasteiger partial charge in [0.25, 0.3) is 0 Å². The molecule has 0 unspecified atom stereocenters. The Morgan fingerprint density at radius 2 is 0.750 bits per heavy atom. The van der Waals surface area contributed by atoms with E-state index in [1.807, 2.05) is 0 Å². The fraction of sp³-hybridized carbons (Fsp3) is 0. The van der Waals surface area contributed by atoms with Crippen molar-refractivity contribution in [3.8, 4) is 0 Å². The molecule has 16 N–H and O–H groups in total. The summed E-state index contributed by atoms with van der Waals surface area (Å²) in [5.41, 5.74) is 0. The molecular formula is H17NaO10P+. The van der Waals surface area contributed by atoms with Crippen LogP contribution in [0.4, 0.5) is 0 Å². The van der Waals surface area contributed by atoms with Gasteiger partial charge < -0.3 is 39.8 Å². The molecule has 0 spiro atoms. The van der Waals surface area contributed by atoms with E-state index >= 15 is 0 Å². The Labute approximate surface area is 92.1 Å². The van der Waals surface area contributed by atoms with Gasteiger partial charge in [-0.25, -0.2) is 0 Å². The van der Waals surface area contributed by atoms with Crippen molar-refractivity contribution >= 4 is 8.25 Å². The fourth-order valence-corrected chi connectivity index (χ4v) is 0. The van der Waals surface area contributed by atoms with Crippen LogP contribution in [0.5, 0.6) is 0 Å². The van der Waals surface area contributed by atoms with E-state index in [9.17, 15) is 0 Å². The van der Waals surface area contributed by atoms with E-state index in [1.54, 1.807) is 0 Å².